The number of ether oxygens (including phenoxy) is 1. The van der Waals surface area contributed by atoms with E-state index in [2.05, 4.69) is 45.9 Å². The summed E-state index contributed by atoms with van der Waals surface area (Å²) in [4.78, 5) is 24.4. The highest BCUT2D eigenvalue weighted by atomic mass is 32.1. The number of rotatable bonds is 5. The number of methoxy groups -OCH3 is 1. The molecular formula is C26H24N6O2S. The van der Waals surface area contributed by atoms with Crippen LogP contribution in [0.25, 0.3) is 31.6 Å². The van der Waals surface area contributed by atoms with Crippen LogP contribution in [0.3, 0.4) is 0 Å². The Bertz CT molecular complexity index is 1570. The molecule has 35 heavy (non-hydrogen) atoms. The Labute approximate surface area is 206 Å². The van der Waals surface area contributed by atoms with Gasteiger partial charge in [0.15, 0.2) is 0 Å². The average Bonchev–Trinajstić information content (AvgIpc) is 3.41. The number of amides is 1. The van der Waals surface area contributed by atoms with Crippen molar-refractivity contribution in [1.82, 2.24) is 19.4 Å². The molecule has 4 aromatic rings. The molecule has 3 aromatic heterocycles. The molecule has 0 radical (unpaired) electrons. The Balaban J connectivity index is 1.36. The van der Waals surface area contributed by atoms with Gasteiger partial charge in [0.2, 0.25) is 0 Å². The SMILES string of the molecule is COc1cc(C)cc2cc(-c3cn(C4CN(C(=O)/C(C#N)=C/C5CC5)C4)c4ncnc(N)c34)sc12. The largest absolute Gasteiger partial charge is 0.495 e. The first-order chi connectivity index (χ1) is 17.0. The minimum absolute atomic E-state index is 0.0523. The standard InChI is InChI=1S/C26H24N6O2S/c1-14-5-16-8-21(35-23(16)20(6-14)34-2)19-12-32(25-22(19)24(28)29-13-30-25)18-10-31(11-18)26(33)17(9-27)7-15-3-4-15/h5-8,12-13,15,18H,3-4,10-11H2,1-2H3,(H2,28,29,30)/b17-7+. The van der Waals surface area contributed by atoms with Gasteiger partial charge in [-0.25, -0.2) is 9.97 Å². The highest BCUT2D eigenvalue weighted by Gasteiger charge is 2.36. The van der Waals surface area contributed by atoms with E-state index in [4.69, 9.17) is 10.5 Å². The van der Waals surface area contributed by atoms with E-state index in [1.165, 1.54) is 6.33 Å². The fraction of sp³-hybridized carbons (Fsp3) is 0.308. The van der Waals surface area contributed by atoms with Crippen molar-refractivity contribution in [3.8, 4) is 22.3 Å². The van der Waals surface area contributed by atoms with Crippen LogP contribution in [0.15, 0.2) is 42.4 Å². The van der Waals surface area contributed by atoms with Crippen molar-refractivity contribution in [1.29, 1.82) is 5.26 Å². The van der Waals surface area contributed by atoms with Crippen LogP contribution in [0.1, 0.15) is 24.4 Å². The van der Waals surface area contributed by atoms with Gasteiger partial charge in [-0.2, -0.15) is 5.26 Å². The molecule has 2 aliphatic rings. The number of thiophene rings is 1. The maximum atomic E-state index is 12.8. The fourth-order valence-corrected chi connectivity index (χ4v) is 5.89. The van der Waals surface area contributed by atoms with Gasteiger partial charge in [-0.3, -0.25) is 4.79 Å². The molecule has 0 bridgehead atoms. The number of hydrogen-bond donors (Lipinski definition) is 1. The van der Waals surface area contributed by atoms with Crippen molar-refractivity contribution < 1.29 is 9.53 Å². The number of nitrogens with zero attached hydrogens (tertiary/aromatic N) is 5. The van der Waals surface area contributed by atoms with Crippen molar-refractivity contribution in [2.75, 3.05) is 25.9 Å². The van der Waals surface area contributed by atoms with E-state index in [1.807, 2.05) is 12.1 Å². The molecule has 6 rings (SSSR count). The number of hydrogen-bond acceptors (Lipinski definition) is 7. The minimum Gasteiger partial charge on any atom is -0.495 e. The Morgan fingerprint density at radius 3 is 2.80 bits per heavy atom. The molecular weight excluding hydrogens is 460 g/mol. The van der Waals surface area contributed by atoms with Crippen LogP contribution in [-0.2, 0) is 4.79 Å². The first-order valence-electron chi connectivity index (χ1n) is 11.6. The molecule has 1 saturated carbocycles. The lowest BCUT2D eigenvalue weighted by molar-refractivity contribution is -0.132. The second-order valence-electron chi connectivity index (χ2n) is 9.30. The average molecular weight is 485 g/mol. The van der Waals surface area contributed by atoms with Crippen LogP contribution >= 0.6 is 11.3 Å². The number of aryl methyl sites for hydroxylation is 1. The molecule has 0 spiro atoms. The van der Waals surface area contributed by atoms with Crippen molar-refractivity contribution >= 4 is 44.2 Å². The summed E-state index contributed by atoms with van der Waals surface area (Å²) < 4.78 is 8.79. The Kier molecular flexibility index (Phi) is 5.00. The predicted molar refractivity (Wildman–Crippen MR) is 136 cm³/mol. The molecule has 176 valence electrons. The fourth-order valence-electron chi connectivity index (χ4n) is 4.74. The summed E-state index contributed by atoms with van der Waals surface area (Å²) in [7, 11) is 1.69. The monoisotopic (exact) mass is 484 g/mol. The first-order valence-corrected chi connectivity index (χ1v) is 12.4. The van der Waals surface area contributed by atoms with Gasteiger partial charge in [-0.05, 0) is 48.8 Å². The predicted octanol–water partition coefficient (Wildman–Crippen LogP) is 4.46. The van der Waals surface area contributed by atoms with Gasteiger partial charge in [0.25, 0.3) is 5.91 Å². The third-order valence-corrected chi connectivity index (χ3v) is 7.97. The molecule has 0 atom stereocenters. The van der Waals surface area contributed by atoms with E-state index < -0.39 is 0 Å². The van der Waals surface area contributed by atoms with E-state index in [0.29, 0.717) is 24.8 Å². The number of nitrogens with two attached hydrogens (primary N) is 1. The van der Waals surface area contributed by atoms with Crippen molar-refractivity contribution in [2.24, 2.45) is 5.92 Å². The molecule has 2 fully saturated rings. The van der Waals surface area contributed by atoms with Crippen LogP contribution in [0.2, 0.25) is 0 Å². The maximum absolute atomic E-state index is 12.8. The van der Waals surface area contributed by atoms with Crippen LogP contribution in [0.4, 0.5) is 5.82 Å². The Hall–Kier alpha value is -3.90. The molecule has 4 heterocycles. The Morgan fingerprint density at radius 1 is 1.29 bits per heavy atom. The van der Waals surface area contributed by atoms with Gasteiger partial charge in [-0.15, -0.1) is 11.3 Å². The number of aromatic nitrogens is 3. The summed E-state index contributed by atoms with van der Waals surface area (Å²) in [6.07, 6.45) is 7.48. The van der Waals surface area contributed by atoms with Gasteiger partial charge in [0.1, 0.15) is 35.2 Å². The quantitative estimate of drug-likeness (QED) is 0.331. The molecule has 1 aromatic carbocycles. The minimum atomic E-state index is -0.187. The molecule has 8 nitrogen and oxygen atoms in total. The summed E-state index contributed by atoms with van der Waals surface area (Å²) in [6.45, 7) is 3.10. The van der Waals surface area contributed by atoms with E-state index in [9.17, 15) is 10.1 Å². The number of likely N-dealkylation sites (tertiary alicyclic amines) is 1. The molecule has 0 unspecified atom stereocenters. The van der Waals surface area contributed by atoms with Crippen molar-refractivity contribution in [3.05, 3.63) is 47.9 Å². The van der Waals surface area contributed by atoms with Crippen LogP contribution in [0.5, 0.6) is 5.75 Å². The highest BCUT2D eigenvalue weighted by Crippen LogP contribution is 2.44. The van der Waals surface area contributed by atoms with Crippen molar-refractivity contribution in [2.45, 2.75) is 25.8 Å². The third kappa shape index (κ3) is 3.61. The van der Waals surface area contributed by atoms with E-state index in [1.54, 1.807) is 23.3 Å². The van der Waals surface area contributed by atoms with Crippen molar-refractivity contribution in [3.63, 3.8) is 0 Å². The summed E-state index contributed by atoms with van der Waals surface area (Å²) in [5.41, 5.74) is 9.44. The molecule has 2 N–H and O–H groups in total. The topological polar surface area (TPSA) is 110 Å². The second-order valence-corrected chi connectivity index (χ2v) is 10.3. The van der Waals surface area contributed by atoms with Gasteiger partial charge in [0.05, 0.1) is 23.2 Å². The zero-order chi connectivity index (χ0) is 24.3. The van der Waals surface area contributed by atoms with Gasteiger partial charge >= 0.3 is 0 Å². The van der Waals surface area contributed by atoms with Crippen LogP contribution in [0, 0.1) is 24.2 Å². The number of carbonyl (C=O) groups is 1. The summed E-state index contributed by atoms with van der Waals surface area (Å²) in [6, 6.07) is 8.47. The maximum Gasteiger partial charge on any atom is 0.264 e. The van der Waals surface area contributed by atoms with Gasteiger partial charge in [0, 0.05) is 29.7 Å². The zero-order valence-electron chi connectivity index (χ0n) is 19.5. The highest BCUT2D eigenvalue weighted by molar-refractivity contribution is 7.22. The number of anilines is 1. The van der Waals surface area contributed by atoms with Gasteiger partial charge in [-0.1, -0.05) is 12.1 Å². The molecule has 1 aliphatic heterocycles. The smallest absolute Gasteiger partial charge is 0.264 e. The van der Waals surface area contributed by atoms with Crippen LogP contribution in [-0.4, -0.2) is 45.5 Å². The van der Waals surface area contributed by atoms with Crippen LogP contribution < -0.4 is 10.5 Å². The normalized spacial score (nSPS) is 16.5. The molecule has 1 aliphatic carbocycles. The molecule has 1 amide bonds. The summed E-state index contributed by atoms with van der Waals surface area (Å²) in [5, 5.41) is 11.4. The van der Waals surface area contributed by atoms with E-state index >= 15 is 0 Å². The number of benzene rings is 1. The number of fused-ring (bicyclic) bond motifs is 2. The van der Waals surface area contributed by atoms with Gasteiger partial charge < -0.3 is 19.9 Å². The number of allylic oxidation sites excluding steroid dienone is 1. The zero-order valence-corrected chi connectivity index (χ0v) is 20.3. The lowest BCUT2D eigenvalue weighted by atomic mass is 10.1. The Morgan fingerprint density at radius 2 is 2.09 bits per heavy atom. The number of nitriles is 1. The lowest BCUT2D eigenvalue weighted by Crippen LogP contribution is -2.51. The van der Waals surface area contributed by atoms with E-state index in [0.717, 1.165) is 55.7 Å². The summed E-state index contributed by atoms with van der Waals surface area (Å²) >= 11 is 1.65. The first kappa shape index (κ1) is 21.6. The van der Waals surface area contributed by atoms with E-state index in [-0.39, 0.29) is 17.5 Å². The third-order valence-electron chi connectivity index (χ3n) is 6.77. The number of carbonyl (C=O) groups excluding carboxylic acids is 1. The molecule has 9 heteroatoms. The lowest BCUT2D eigenvalue weighted by Gasteiger charge is -2.40. The molecule has 1 saturated heterocycles. The summed E-state index contributed by atoms with van der Waals surface area (Å²) in [5.74, 6) is 1.47. The number of nitrogen functional groups attached to an aromatic ring is 1. The second kappa shape index (κ2) is 8.10.